The molecule has 1 aromatic carbocycles. The number of nitrogens with zero attached hydrogens (tertiary/aromatic N) is 1. The summed E-state index contributed by atoms with van der Waals surface area (Å²) in [6, 6.07) is 6.20. The summed E-state index contributed by atoms with van der Waals surface area (Å²) in [5.74, 6) is 0.509. The molecule has 0 aliphatic carbocycles. The summed E-state index contributed by atoms with van der Waals surface area (Å²) in [4.78, 5) is 4.32. The summed E-state index contributed by atoms with van der Waals surface area (Å²) in [5.41, 5.74) is 3.47. The molecule has 0 fully saturated rings. The molecule has 14 heavy (non-hydrogen) atoms. The first-order chi connectivity index (χ1) is 6.70. The molecule has 0 saturated carbocycles. The van der Waals surface area contributed by atoms with Gasteiger partial charge in [-0.15, -0.1) is 0 Å². The monoisotopic (exact) mass is 187 g/mol. The van der Waals surface area contributed by atoms with Gasteiger partial charge in [-0.1, -0.05) is 38.6 Å². The Morgan fingerprint density at radius 3 is 2.57 bits per heavy atom. The first-order valence-corrected chi connectivity index (χ1v) is 4.94. The highest BCUT2D eigenvalue weighted by molar-refractivity contribution is 5.71. The second kappa shape index (κ2) is 4.75. The summed E-state index contributed by atoms with van der Waals surface area (Å²) in [7, 11) is 0. The molecule has 0 aliphatic rings. The van der Waals surface area contributed by atoms with Gasteiger partial charge in [-0.25, -0.2) is 0 Å². The maximum absolute atomic E-state index is 4.32. The maximum atomic E-state index is 4.32. The van der Waals surface area contributed by atoms with Crippen LogP contribution < -0.4 is 0 Å². The van der Waals surface area contributed by atoms with Crippen molar-refractivity contribution >= 4 is 18.0 Å². The van der Waals surface area contributed by atoms with E-state index in [0.717, 1.165) is 11.3 Å². The Hall–Kier alpha value is -1.37. The first-order valence-electron chi connectivity index (χ1n) is 4.94. The van der Waals surface area contributed by atoms with Gasteiger partial charge in [-0.3, -0.25) is 4.99 Å². The Morgan fingerprint density at radius 1 is 1.36 bits per heavy atom. The van der Waals surface area contributed by atoms with E-state index in [4.69, 9.17) is 0 Å². The van der Waals surface area contributed by atoms with E-state index < -0.39 is 0 Å². The van der Waals surface area contributed by atoms with E-state index >= 15 is 0 Å². The third-order valence-corrected chi connectivity index (χ3v) is 2.21. The van der Waals surface area contributed by atoms with E-state index in [-0.39, 0.29) is 0 Å². The summed E-state index contributed by atoms with van der Waals surface area (Å²) in [5, 5.41) is 0. The molecule has 0 N–H and O–H groups in total. The van der Waals surface area contributed by atoms with E-state index in [1.54, 1.807) is 0 Å². The molecule has 1 heteroatoms. The molecule has 0 atom stereocenters. The lowest BCUT2D eigenvalue weighted by Gasteiger charge is -2.11. The zero-order valence-corrected chi connectivity index (χ0v) is 9.12. The molecule has 1 nitrogen and oxygen atoms in total. The molecule has 0 aliphatic heterocycles. The largest absolute Gasteiger partial charge is 0.261 e. The van der Waals surface area contributed by atoms with Gasteiger partial charge in [-0.2, -0.15) is 0 Å². The van der Waals surface area contributed by atoms with Gasteiger partial charge >= 0.3 is 0 Å². The molecular formula is C13H17N. The van der Waals surface area contributed by atoms with Gasteiger partial charge in [-0.05, 0) is 24.5 Å². The second-order valence-electron chi connectivity index (χ2n) is 3.53. The average Bonchev–Trinajstić information content (AvgIpc) is 2.18. The molecule has 74 valence electrons. The predicted octanol–water partition coefficient (Wildman–Crippen LogP) is 4.18. The molecule has 1 aromatic rings. The van der Waals surface area contributed by atoms with Gasteiger partial charge in [0.05, 0.1) is 5.69 Å². The standard InChI is InChI=1S/C13H17N/c1-5-11-12(10(3)4)8-7-9-13(11)14-6-2/h5-10H,1H2,2-4H3. The third kappa shape index (κ3) is 2.11. The Balaban J connectivity index is 3.31. The highest BCUT2D eigenvalue weighted by Gasteiger charge is 2.06. The molecule has 0 heterocycles. The fourth-order valence-corrected chi connectivity index (χ4v) is 1.55. The number of aliphatic imine (C=N–C) groups is 1. The molecule has 0 bridgehead atoms. The van der Waals surface area contributed by atoms with Gasteiger partial charge in [0.15, 0.2) is 0 Å². The average molecular weight is 187 g/mol. The number of hydrogen-bond acceptors (Lipinski definition) is 1. The quantitative estimate of drug-likeness (QED) is 0.629. The summed E-state index contributed by atoms with van der Waals surface area (Å²) >= 11 is 0. The first kappa shape index (κ1) is 10.7. The van der Waals surface area contributed by atoms with E-state index in [9.17, 15) is 0 Å². The van der Waals surface area contributed by atoms with Crippen LogP contribution in [0.2, 0.25) is 0 Å². The van der Waals surface area contributed by atoms with Crippen LogP contribution in [0.3, 0.4) is 0 Å². The van der Waals surface area contributed by atoms with Crippen molar-refractivity contribution in [3.8, 4) is 0 Å². The minimum absolute atomic E-state index is 0.509. The van der Waals surface area contributed by atoms with Crippen LogP contribution in [0.4, 0.5) is 5.69 Å². The van der Waals surface area contributed by atoms with E-state index in [0.29, 0.717) is 5.92 Å². The smallest absolute Gasteiger partial charge is 0.0700 e. The lowest BCUT2D eigenvalue weighted by atomic mass is 9.96. The van der Waals surface area contributed by atoms with Gasteiger partial charge in [0, 0.05) is 11.8 Å². The molecule has 0 radical (unpaired) electrons. The number of hydrogen-bond donors (Lipinski definition) is 0. The Morgan fingerprint density at radius 2 is 2.07 bits per heavy atom. The Labute approximate surface area is 86.2 Å². The van der Waals surface area contributed by atoms with Crippen LogP contribution in [0.15, 0.2) is 29.8 Å². The molecule has 0 amide bonds. The highest BCUT2D eigenvalue weighted by atomic mass is 14.7. The van der Waals surface area contributed by atoms with E-state index in [2.05, 4.69) is 31.5 Å². The lowest BCUT2D eigenvalue weighted by molar-refractivity contribution is 0.864. The molecule has 0 unspecified atom stereocenters. The zero-order chi connectivity index (χ0) is 10.6. The van der Waals surface area contributed by atoms with Gasteiger partial charge in [0.2, 0.25) is 0 Å². The normalized spacial score (nSPS) is 11.1. The van der Waals surface area contributed by atoms with Crippen LogP contribution in [0.1, 0.15) is 37.8 Å². The summed E-state index contributed by atoms with van der Waals surface area (Å²) in [6.45, 7) is 10.1. The molecule has 0 saturated heterocycles. The Bertz CT molecular complexity index is 348. The fraction of sp³-hybridized carbons (Fsp3) is 0.308. The molecule has 0 aromatic heterocycles. The minimum Gasteiger partial charge on any atom is -0.261 e. The van der Waals surface area contributed by atoms with Crippen molar-refractivity contribution in [1.82, 2.24) is 0 Å². The van der Waals surface area contributed by atoms with Crippen LogP contribution in [-0.2, 0) is 0 Å². The number of rotatable bonds is 3. The van der Waals surface area contributed by atoms with Crippen molar-refractivity contribution in [3.63, 3.8) is 0 Å². The van der Waals surface area contributed by atoms with Crippen molar-refractivity contribution in [2.45, 2.75) is 26.7 Å². The van der Waals surface area contributed by atoms with Gasteiger partial charge in [0.25, 0.3) is 0 Å². The van der Waals surface area contributed by atoms with Crippen LogP contribution in [0.5, 0.6) is 0 Å². The summed E-state index contributed by atoms with van der Waals surface area (Å²) in [6.07, 6.45) is 3.70. The van der Waals surface area contributed by atoms with Crippen molar-refractivity contribution in [3.05, 3.63) is 35.9 Å². The van der Waals surface area contributed by atoms with Crippen LogP contribution in [-0.4, -0.2) is 6.21 Å². The van der Waals surface area contributed by atoms with Crippen LogP contribution in [0.25, 0.3) is 6.08 Å². The van der Waals surface area contributed by atoms with Crippen LogP contribution >= 0.6 is 0 Å². The van der Waals surface area contributed by atoms with Crippen molar-refractivity contribution < 1.29 is 0 Å². The highest BCUT2D eigenvalue weighted by Crippen LogP contribution is 2.28. The predicted molar refractivity (Wildman–Crippen MR) is 64.4 cm³/mol. The third-order valence-electron chi connectivity index (χ3n) is 2.21. The Kier molecular flexibility index (Phi) is 3.63. The van der Waals surface area contributed by atoms with E-state index in [1.807, 2.05) is 31.3 Å². The molecule has 1 rings (SSSR count). The zero-order valence-electron chi connectivity index (χ0n) is 9.12. The maximum Gasteiger partial charge on any atom is 0.0700 e. The lowest BCUT2D eigenvalue weighted by Crippen LogP contribution is -1.91. The number of benzene rings is 1. The van der Waals surface area contributed by atoms with Crippen molar-refractivity contribution in [1.29, 1.82) is 0 Å². The minimum atomic E-state index is 0.509. The molecule has 0 spiro atoms. The van der Waals surface area contributed by atoms with E-state index in [1.165, 1.54) is 5.56 Å². The summed E-state index contributed by atoms with van der Waals surface area (Å²) < 4.78 is 0. The topological polar surface area (TPSA) is 12.4 Å². The fourth-order valence-electron chi connectivity index (χ4n) is 1.55. The second-order valence-corrected chi connectivity index (χ2v) is 3.53. The van der Waals surface area contributed by atoms with Crippen molar-refractivity contribution in [2.24, 2.45) is 4.99 Å². The van der Waals surface area contributed by atoms with Gasteiger partial charge in [0.1, 0.15) is 0 Å². The van der Waals surface area contributed by atoms with Crippen molar-refractivity contribution in [2.75, 3.05) is 0 Å². The SMILES string of the molecule is C=Cc1c(N=CC)cccc1C(C)C. The van der Waals surface area contributed by atoms with Crippen LogP contribution in [0, 0.1) is 0 Å². The molecular weight excluding hydrogens is 170 g/mol. The van der Waals surface area contributed by atoms with Gasteiger partial charge < -0.3 is 0 Å².